The minimum atomic E-state index is -3.24. The molecule has 0 bridgehead atoms. The predicted molar refractivity (Wildman–Crippen MR) is 115 cm³/mol. The highest BCUT2D eigenvalue weighted by Crippen LogP contribution is 2.11. The van der Waals surface area contributed by atoms with E-state index in [1.165, 1.54) is 7.05 Å². The second-order valence-corrected chi connectivity index (χ2v) is 7.92. The predicted octanol–water partition coefficient (Wildman–Crippen LogP) is 1.59. The monoisotopic (exact) mass is 496 g/mol. The summed E-state index contributed by atoms with van der Waals surface area (Å²) in [6.07, 6.45) is 2.47. The standard InChI is InChI=1S/C17H28N4O3S.HI/c1-3-19-17(21-12-16-5-4-10-24-16)20-11-14-6-8-15(9-7-14)13-25(22,23)18-2;/h6-9,16,18H,3-5,10-13H2,1-2H3,(H2,19,20,21);1H. The molecule has 0 radical (unpaired) electrons. The lowest BCUT2D eigenvalue weighted by Gasteiger charge is -2.14. The van der Waals surface area contributed by atoms with Crippen molar-refractivity contribution in [2.45, 2.75) is 38.2 Å². The number of guanidine groups is 1. The molecule has 1 heterocycles. The van der Waals surface area contributed by atoms with Crippen LogP contribution in [0, 0.1) is 0 Å². The van der Waals surface area contributed by atoms with E-state index in [0.717, 1.165) is 49.6 Å². The quantitative estimate of drug-likeness (QED) is 0.289. The summed E-state index contributed by atoms with van der Waals surface area (Å²) in [5, 5.41) is 6.53. The fraction of sp³-hybridized carbons (Fsp3) is 0.588. The van der Waals surface area contributed by atoms with Crippen molar-refractivity contribution in [3.05, 3.63) is 35.4 Å². The number of ether oxygens (including phenoxy) is 1. The van der Waals surface area contributed by atoms with Gasteiger partial charge in [-0.25, -0.2) is 18.1 Å². The van der Waals surface area contributed by atoms with Gasteiger partial charge < -0.3 is 15.4 Å². The highest BCUT2D eigenvalue weighted by atomic mass is 127. The minimum Gasteiger partial charge on any atom is -0.376 e. The third-order valence-corrected chi connectivity index (χ3v) is 5.31. The molecule has 148 valence electrons. The molecule has 1 aromatic carbocycles. The number of hydrogen-bond donors (Lipinski definition) is 3. The van der Waals surface area contributed by atoms with Crippen LogP contribution in [0.15, 0.2) is 29.3 Å². The van der Waals surface area contributed by atoms with Crippen LogP contribution in [0.25, 0.3) is 0 Å². The van der Waals surface area contributed by atoms with E-state index in [9.17, 15) is 8.42 Å². The van der Waals surface area contributed by atoms with Gasteiger partial charge in [-0.05, 0) is 37.9 Å². The molecule has 2 rings (SSSR count). The van der Waals surface area contributed by atoms with Crippen LogP contribution in [0.3, 0.4) is 0 Å². The number of hydrogen-bond acceptors (Lipinski definition) is 4. The molecule has 1 aromatic rings. The summed E-state index contributed by atoms with van der Waals surface area (Å²) in [4.78, 5) is 4.57. The zero-order valence-corrected chi connectivity index (χ0v) is 18.5. The van der Waals surface area contributed by atoms with Gasteiger partial charge in [0.05, 0.1) is 18.4 Å². The van der Waals surface area contributed by atoms with Crippen molar-refractivity contribution in [1.82, 2.24) is 15.4 Å². The smallest absolute Gasteiger partial charge is 0.215 e. The maximum absolute atomic E-state index is 11.6. The summed E-state index contributed by atoms with van der Waals surface area (Å²) >= 11 is 0. The molecule has 26 heavy (non-hydrogen) atoms. The zero-order chi connectivity index (χ0) is 18.1. The van der Waals surface area contributed by atoms with Gasteiger partial charge in [0.25, 0.3) is 0 Å². The average Bonchev–Trinajstić information content (AvgIpc) is 3.12. The Bertz CT molecular complexity index is 659. The first-order valence-corrected chi connectivity index (χ1v) is 10.3. The molecule has 0 spiro atoms. The summed E-state index contributed by atoms with van der Waals surface area (Å²) < 4.78 is 31.0. The first-order chi connectivity index (χ1) is 12.0. The Morgan fingerprint density at radius 3 is 2.50 bits per heavy atom. The summed E-state index contributed by atoms with van der Waals surface area (Å²) in [6.45, 7) is 4.95. The van der Waals surface area contributed by atoms with E-state index in [2.05, 4.69) is 20.3 Å². The van der Waals surface area contributed by atoms with Crippen molar-refractivity contribution in [3.63, 3.8) is 0 Å². The lowest BCUT2D eigenvalue weighted by Crippen LogP contribution is -2.41. The van der Waals surface area contributed by atoms with Gasteiger partial charge in [-0.3, -0.25) is 0 Å². The van der Waals surface area contributed by atoms with Crippen LogP contribution < -0.4 is 15.4 Å². The SMILES string of the molecule is CCNC(=NCc1ccc(CS(=O)(=O)NC)cc1)NCC1CCCO1.I. The fourth-order valence-corrected chi connectivity index (χ4v) is 3.34. The van der Waals surface area contributed by atoms with Gasteiger partial charge in [0.15, 0.2) is 5.96 Å². The molecule has 7 nitrogen and oxygen atoms in total. The molecule has 0 aliphatic carbocycles. The minimum absolute atomic E-state index is 0. The van der Waals surface area contributed by atoms with Crippen molar-refractivity contribution < 1.29 is 13.2 Å². The molecular weight excluding hydrogens is 467 g/mol. The first kappa shape index (κ1) is 23.1. The first-order valence-electron chi connectivity index (χ1n) is 8.65. The highest BCUT2D eigenvalue weighted by Gasteiger charge is 2.15. The van der Waals surface area contributed by atoms with E-state index >= 15 is 0 Å². The van der Waals surface area contributed by atoms with Crippen molar-refractivity contribution in [1.29, 1.82) is 0 Å². The molecule has 1 atom stereocenters. The number of benzene rings is 1. The Hall–Kier alpha value is -0.910. The summed E-state index contributed by atoms with van der Waals surface area (Å²) in [5.41, 5.74) is 1.78. The molecule has 0 amide bonds. The number of nitrogens with one attached hydrogen (secondary N) is 3. The van der Waals surface area contributed by atoms with Crippen LogP contribution in [0.5, 0.6) is 0 Å². The van der Waals surface area contributed by atoms with Gasteiger partial charge in [-0.1, -0.05) is 24.3 Å². The van der Waals surface area contributed by atoms with Crippen LogP contribution in [-0.4, -0.2) is 47.2 Å². The van der Waals surface area contributed by atoms with Crippen LogP contribution in [-0.2, 0) is 27.1 Å². The van der Waals surface area contributed by atoms with E-state index in [0.29, 0.717) is 6.54 Å². The Labute approximate surface area is 173 Å². The van der Waals surface area contributed by atoms with Crippen molar-refractivity contribution in [2.24, 2.45) is 4.99 Å². The third-order valence-electron chi connectivity index (χ3n) is 3.98. The lowest BCUT2D eigenvalue weighted by atomic mass is 10.1. The maximum Gasteiger partial charge on any atom is 0.215 e. The molecule has 1 aliphatic rings. The second-order valence-electron chi connectivity index (χ2n) is 5.99. The van der Waals surface area contributed by atoms with Crippen LogP contribution in [0.1, 0.15) is 30.9 Å². The number of halogens is 1. The lowest BCUT2D eigenvalue weighted by molar-refractivity contribution is 0.114. The summed E-state index contributed by atoms with van der Waals surface area (Å²) in [5.74, 6) is 0.748. The molecule has 1 unspecified atom stereocenters. The summed E-state index contributed by atoms with van der Waals surface area (Å²) in [7, 11) is -1.82. The molecule has 9 heteroatoms. The van der Waals surface area contributed by atoms with Crippen molar-refractivity contribution in [2.75, 3.05) is 26.7 Å². The highest BCUT2D eigenvalue weighted by molar-refractivity contribution is 14.0. The van der Waals surface area contributed by atoms with Crippen molar-refractivity contribution >= 4 is 40.0 Å². The summed E-state index contributed by atoms with van der Waals surface area (Å²) in [6, 6.07) is 7.47. The Morgan fingerprint density at radius 1 is 1.23 bits per heavy atom. The fourth-order valence-electron chi connectivity index (χ4n) is 2.56. The Morgan fingerprint density at radius 2 is 1.92 bits per heavy atom. The van der Waals surface area contributed by atoms with Gasteiger partial charge in [0, 0.05) is 19.7 Å². The molecule has 1 fully saturated rings. The number of sulfonamides is 1. The number of aliphatic imine (C=N–C) groups is 1. The topological polar surface area (TPSA) is 91.8 Å². The Balaban J connectivity index is 0.00000338. The zero-order valence-electron chi connectivity index (χ0n) is 15.3. The molecule has 1 saturated heterocycles. The van der Waals surface area contributed by atoms with E-state index in [1.54, 1.807) is 0 Å². The van der Waals surface area contributed by atoms with Crippen LogP contribution >= 0.6 is 24.0 Å². The van der Waals surface area contributed by atoms with Gasteiger partial charge in [0.2, 0.25) is 10.0 Å². The van der Waals surface area contributed by atoms with Crippen LogP contribution in [0.4, 0.5) is 0 Å². The van der Waals surface area contributed by atoms with E-state index in [-0.39, 0.29) is 35.8 Å². The second kappa shape index (κ2) is 11.7. The normalized spacial score (nSPS) is 17.6. The van der Waals surface area contributed by atoms with E-state index < -0.39 is 10.0 Å². The molecular formula is C17H29IN4O3S. The van der Waals surface area contributed by atoms with Gasteiger partial charge in [0.1, 0.15) is 0 Å². The number of rotatable bonds is 8. The van der Waals surface area contributed by atoms with Gasteiger partial charge in [-0.2, -0.15) is 0 Å². The molecule has 1 aliphatic heterocycles. The van der Waals surface area contributed by atoms with Gasteiger partial charge in [-0.15, -0.1) is 24.0 Å². The maximum atomic E-state index is 11.6. The largest absolute Gasteiger partial charge is 0.376 e. The average molecular weight is 496 g/mol. The molecule has 0 saturated carbocycles. The third kappa shape index (κ3) is 8.19. The van der Waals surface area contributed by atoms with E-state index in [4.69, 9.17) is 4.74 Å². The van der Waals surface area contributed by atoms with Gasteiger partial charge >= 0.3 is 0 Å². The number of nitrogens with zero attached hydrogens (tertiary/aromatic N) is 1. The van der Waals surface area contributed by atoms with Crippen molar-refractivity contribution in [3.8, 4) is 0 Å². The molecule has 3 N–H and O–H groups in total. The van der Waals surface area contributed by atoms with Crippen LogP contribution in [0.2, 0.25) is 0 Å². The van der Waals surface area contributed by atoms with E-state index in [1.807, 2.05) is 31.2 Å². The molecule has 0 aromatic heterocycles. The Kier molecular flexibility index (Phi) is 10.4.